The molecule has 0 unspecified atom stereocenters. The van der Waals surface area contributed by atoms with E-state index in [0.717, 1.165) is 0 Å². The van der Waals surface area contributed by atoms with Crippen LogP contribution >= 0.6 is 0 Å². The molecule has 0 saturated carbocycles. The summed E-state index contributed by atoms with van der Waals surface area (Å²) < 4.78 is 0. The van der Waals surface area contributed by atoms with Gasteiger partial charge in [-0.2, -0.15) is 10.2 Å². The summed E-state index contributed by atoms with van der Waals surface area (Å²) >= 11 is 0. The predicted molar refractivity (Wildman–Crippen MR) is 43.6 cm³/mol. The number of nitrogens with two attached hydrogens (primary N) is 1. The van der Waals surface area contributed by atoms with Crippen LogP contribution in [0.3, 0.4) is 0 Å². The van der Waals surface area contributed by atoms with E-state index in [-0.39, 0.29) is 0 Å². The molecule has 5 nitrogen and oxygen atoms in total. The Bertz CT molecular complexity index is 367. The number of nitrogens with zero attached hydrogens (tertiary/aromatic N) is 4. The Morgan fingerprint density at radius 2 is 1.92 bits per heavy atom. The SMILES string of the molecule is Nc1cccc(-n2nccn2)n1. The van der Waals surface area contributed by atoms with E-state index in [1.165, 1.54) is 4.80 Å². The first-order valence-electron chi connectivity index (χ1n) is 3.45. The Hall–Kier alpha value is -1.91. The molecule has 0 aromatic carbocycles. The summed E-state index contributed by atoms with van der Waals surface area (Å²) in [7, 11) is 0. The Morgan fingerprint density at radius 3 is 2.58 bits per heavy atom. The van der Waals surface area contributed by atoms with Gasteiger partial charge in [-0.05, 0) is 12.1 Å². The van der Waals surface area contributed by atoms with Crippen molar-refractivity contribution in [2.75, 3.05) is 5.73 Å². The minimum Gasteiger partial charge on any atom is -0.384 e. The average molecular weight is 161 g/mol. The van der Waals surface area contributed by atoms with Gasteiger partial charge < -0.3 is 5.73 Å². The van der Waals surface area contributed by atoms with E-state index in [1.807, 2.05) is 0 Å². The lowest BCUT2D eigenvalue weighted by molar-refractivity contribution is 0.730. The van der Waals surface area contributed by atoms with Gasteiger partial charge in [0.2, 0.25) is 0 Å². The molecule has 2 rings (SSSR count). The summed E-state index contributed by atoms with van der Waals surface area (Å²) in [5.74, 6) is 1.09. The van der Waals surface area contributed by atoms with Crippen LogP contribution in [0.15, 0.2) is 30.6 Å². The number of pyridine rings is 1. The average Bonchev–Trinajstić information content (AvgIpc) is 2.56. The molecule has 0 aliphatic carbocycles. The van der Waals surface area contributed by atoms with E-state index >= 15 is 0 Å². The van der Waals surface area contributed by atoms with Gasteiger partial charge in [-0.25, -0.2) is 4.98 Å². The van der Waals surface area contributed by atoms with Crippen molar-refractivity contribution in [3.63, 3.8) is 0 Å². The number of anilines is 1. The molecule has 0 aliphatic heterocycles. The lowest BCUT2D eigenvalue weighted by atomic mass is 10.4. The van der Waals surface area contributed by atoms with Gasteiger partial charge in [0.05, 0.1) is 12.4 Å². The topological polar surface area (TPSA) is 69.6 Å². The van der Waals surface area contributed by atoms with E-state index in [1.54, 1.807) is 30.6 Å². The number of hydrogen-bond donors (Lipinski definition) is 1. The van der Waals surface area contributed by atoms with Crippen LogP contribution in [0.5, 0.6) is 0 Å². The van der Waals surface area contributed by atoms with Crippen molar-refractivity contribution in [2.45, 2.75) is 0 Å². The third kappa shape index (κ3) is 1.12. The molecular weight excluding hydrogens is 154 g/mol. The normalized spacial score (nSPS) is 10.0. The van der Waals surface area contributed by atoms with Crippen LogP contribution in [-0.4, -0.2) is 20.0 Å². The van der Waals surface area contributed by atoms with Gasteiger partial charge in [0.15, 0.2) is 5.82 Å². The molecule has 0 aliphatic rings. The number of aromatic nitrogens is 4. The fraction of sp³-hybridized carbons (Fsp3) is 0. The molecular formula is C7H7N5. The van der Waals surface area contributed by atoms with Crippen LogP contribution in [0, 0.1) is 0 Å². The van der Waals surface area contributed by atoms with Crippen LogP contribution < -0.4 is 5.73 Å². The number of rotatable bonds is 1. The molecule has 0 saturated heterocycles. The summed E-state index contributed by atoms with van der Waals surface area (Å²) in [6.45, 7) is 0. The summed E-state index contributed by atoms with van der Waals surface area (Å²) in [4.78, 5) is 5.44. The molecule has 0 spiro atoms. The van der Waals surface area contributed by atoms with E-state index in [2.05, 4.69) is 15.2 Å². The highest BCUT2D eigenvalue weighted by Gasteiger charge is 1.97. The van der Waals surface area contributed by atoms with Gasteiger partial charge >= 0.3 is 0 Å². The highest BCUT2D eigenvalue weighted by atomic mass is 15.5. The smallest absolute Gasteiger partial charge is 0.176 e. The zero-order valence-corrected chi connectivity index (χ0v) is 6.25. The fourth-order valence-electron chi connectivity index (χ4n) is 0.885. The van der Waals surface area contributed by atoms with Gasteiger partial charge in [-0.3, -0.25) is 0 Å². The summed E-state index contributed by atoms with van der Waals surface area (Å²) in [5.41, 5.74) is 5.48. The van der Waals surface area contributed by atoms with Gasteiger partial charge in [-0.1, -0.05) is 6.07 Å². The van der Waals surface area contributed by atoms with E-state index in [0.29, 0.717) is 11.6 Å². The number of hydrogen-bond acceptors (Lipinski definition) is 4. The van der Waals surface area contributed by atoms with Crippen molar-refractivity contribution in [3.05, 3.63) is 30.6 Å². The van der Waals surface area contributed by atoms with Crippen LogP contribution in [0.4, 0.5) is 5.82 Å². The minimum atomic E-state index is 0.463. The molecule has 2 heterocycles. The second kappa shape index (κ2) is 2.61. The van der Waals surface area contributed by atoms with Crippen molar-refractivity contribution < 1.29 is 0 Å². The maximum absolute atomic E-state index is 5.48. The van der Waals surface area contributed by atoms with Crippen molar-refractivity contribution in [1.82, 2.24) is 20.0 Å². The highest BCUT2D eigenvalue weighted by molar-refractivity contribution is 5.33. The van der Waals surface area contributed by atoms with Gasteiger partial charge in [0, 0.05) is 0 Å². The second-order valence-corrected chi connectivity index (χ2v) is 2.24. The molecule has 5 heteroatoms. The fourth-order valence-corrected chi connectivity index (χ4v) is 0.885. The zero-order chi connectivity index (χ0) is 8.39. The molecule has 12 heavy (non-hydrogen) atoms. The maximum Gasteiger partial charge on any atom is 0.176 e. The quantitative estimate of drug-likeness (QED) is 0.650. The Kier molecular flexibility index (Phi) is 1.48. The molecule has 0 bridgehead atoms. The van der Waals surface area contributed by atoms with Crippen LogP contribution in [0.25, 0.3) is 5.82 Å². The summed E-state index contributed by atoms with van der Waals surface area (Å²) in [5, 5.41) is 7.83. The van der Waals surface area contributed by atoms with Crippen LogP contribution in [0.1, 0.15) is 0 Å². The number of nitrogen functional groups attached to an aromatic ring is 1. The second-order valence-electron chi connectivity index (χ2n) is 2.24. The molecule has 2 N–H and O–H groups in total. The third-order valence-electron chi connectivity index (χ3n) is 1.38. The van der Waals surface area contributed by atoms with Gasteiger partial charge in [-0.15, -0.1) is 4.80 Å². The summed E-state index contributed by atoms with van der Waals surface area (Å²) in [6.07, 6.45) is 3.18. The third-order valence-corrected chi connectivity index (χ3v) is 1.38. The Morgan fingerprint density at radius 1 is 1.17 bits per heavy atom. The largest absolute Gasteiger partial charge is 0.384 e. The van der Waals surface area contributed by atoms with Gasteiger partial charge in [0.1, 0.15) is 5.82 Å². The summed E-state index contributed by atoms with van der Waals surface area (Å²) in [6, 6.07) is 5.31. The van der Waals surface area contributed by atoms with E-state index in [9.17, 15) is 0 Å². The first-order valence-corrected chi connectivity index (χ1v) is 3.45. The standard InChI is InChI=1S/C7H7N5/c8-6-2-1-3-7(11-6)12-9-4-5-10-12/h1-5H,(H2,8,11). The monoisotopic (exact) mass is 161 g/mol. The van der Waals surface area contributed by atoms with E-state index in [4.69, 9.17) is 5.73 Å². The predicted octanol–water partition coefficient (Wildman–Crippen LogP) is 0.244. The molecule has 60 valence electrons. The first kappa shape index (κ1) is 6.78. The van der Waals surface area contributed by atoms with E-state index < -0.39 is 0 Å². The molecule has 0 atom stereocenters. The van der Waals surface area contributed by atoms with Gasteiger partial charge in [0.25, 0.3) is 0 Å². The molecule has 0 fully saturated rings. The lowest BCUT2D eigenvalue weighted by Gasteiger charge is -1.97. The van der Waals surface area contributed by atoms with Crippen molar-refractivity contribution in [3.8, 4) is 5.82 Å². The molecule has 0 amide bonds. The molecule has 2 aromatic rings. The zero-order valence-electron chi connectivity index (χ0n) is 6.25. The molecule has 0 radical (unpaired) electrons. The van der Waals surface area contributed by atoms with Crippen molar-refractivity contribution in [1.29, 1.82) is 0 Å². The van der Waals surface area contributed by atoms with Crippen molar-refractivity contribution >= 4 is 5.82 Å². The minimum absolute atomic E-state index is 0.463. The highest BCUT2D eigenvalue weighted by Crippen LogP contribution is 2.02. The van der Waals surface area contributed by atoms with Crippen LogP contribution in [0.2, 0.25) is 0 Å². The Labute approximate surface area is 68.8 Å². The first-order chi connectivity index (χ1) is 5.86. The Balaban J connectivity index is 2.48. The molecule has 2 aromatic heterocycles. The van der Waals surface area contributed by atoms with Crippen molar-refractivity contribution in [2.24, 2.45) is 0 Å². The van der Waals surface area contributed by atoms with Crippen LogP contribution in [-0.2, 0) is 0 Å². The lowest BCUT2D eigenvalue weighted by Crippen LogP contribution is -2.02. The maximum atomic E-state index is 5.48.